The molecule has 4 aromatic rings. The minimum Gasteiger partial charge on any atom is -0.306 e. The van der Waals surface area contributed by atoms with Gasteiger partial charge in [0, 0.05) is 30.4 Å². The molecule has 1 amide bonds. The molecule has 1 N–H and O–H groups in total. The van der Waals surface area contributed by atoms with Crippen LogP contribution < -0.4 is 5.32 Å². The van der Waals surface area contributed by atoms with Gasteiger partial charge in [0.2, 0.25) is 0 Å². The number of halogens is 3. The van der Waals surface area contributed by atoms with Gasteiger partial charge in [-0.3, -0.25) is 9.78 Å². The van der Waals surface area contributed by atoms with Crippen LogP contribution in [0.5, 0.6) is 0 Å². The van der Waals surface area contributed by atoms with Gasteiger partial charge in [0.15, 0.2) is 5.82 Å². The van der Waals surface area contributed by atoms with Crippen molar-refractivity contribution in [3.63, 3.8) is 0 Å². The highest BCUT2D eigenvalue weighted by atomic mass is 19.4. The van der Waals surface area contributed by atoms with E-state index in [2.05, 4.69) is 20.3 Å². The Bertz CT molecular complexity index is 1160. The minimum atomic E-state index is -4.45. The zero-order valence-electron chi connectivity index (χ0n) is 14.2. The molecule has 3 aromatic heterocycles. The number of rotatable bonds is 3. The third-order valence-electron chi connectivity index (χ3n) is 4.02. The molecule has 6 nitrogen and oxygen atoms in total. The largest absolute Gasteiger partial charge is 0.416 e. The number of hydrogen-bond donors (Lipinski definition) is 1. The third-order valence-corrected chi connectivity index (χ3v) is 4.02. The number of nitrogens with zero attached hydrogens (tertiary/aromatic N) is 4. The summed E-state index contributed by atoms with van der Waals surface area (Å²) in [5.41, 5.74) is 0.440. The molecular formula is C19H12F3N5O. The number of anilines is 1. The zero-order chi connectivity index (χ0) is 19.7. The van der Waals surface area contributed by atoms with Crippen LogP contribution in [0.25, 0.3) is 16.9 Å². The van der Waals surface area contributed by atoms with Crippen LogP contribution in [0.3, 0.4) is 0 Å². The van der Waals surface area contributed by atoms with E-state index in [0.29, 0.717) is 16.9 Å². The Balaban J connectivity index is 1.73. The van der Waals surface area contributed by atoms with Crippen molar-refractivity contribution in [3.05, 3.63) is 78.5 Å². The lowest BCUT2D eigenvalue weighted by atomic mass is 10.1. The van der Waals surface area contributed by atoms with Gasteiger partial charge < -0.3 is 9.72 Å². The summed E-state index contributed by atoms with van der Waals surface area (Å²) in [4.78, 5) is 24.8. The van der Waals surface area contributed by atoms with Crippen LogP contribution in [0, 0.1) is 0 Å². The van der Waals surface area contributed by atoms with Crippen LogP contribution in [0.2, 0.25) is 0 Å². The molecular weight excluding hydrogens is 371 g/mol. The van der Waals surface area contributed by atoms with Gasteiger partial charge in [-0.2, -0.15) is 13.2 Å². The molecule has 0 saturated carbocycles. The molecule has 0 aliphatic carbocycles. The van der Waals surface area contributed by atoms with E-state index in [9.17, 15) is 18.0 Å². The molecule has 0 spiro atoms. The molecule has 0 unspecified atom stereocenters. The lowest BCUT2D eigenvalue weighted by Gasteiger charge is -2.07. The van der Waals surface area contributed by atoms with Crippen molar-refractivity contribution in [2.75, 3.05) is 5.32 Å². The van der Waals surface area contributed by atoms with Crippen LogP contribution in [0.15, 0.2) is 67.4 Å². The predicted molar refractivity (Wildman–Crippen MR) is 95.6 cm³/mol. The van der Waals surface area contributed by atoms with Crippen LogP contribution in [0.1, 0.15) is 15.9 Å². The van der Waals surface area contributed by atoms with E-state index < -0.39 is 17.6 Å². The second-order valence-electron chi connectivity index (χ2n) is 5.90. The average Bonchev–Trinajstić information content (AvgIpc) is 3.12. The van der Waals surface area contributed by atoms with Gasteiger partial charge in [0.1, 0.15) is 5.65 Å². The summed E-state index contributed by atoms with van der Waals surface area (Å²) in [7, 11) is 0. The normalized spacial score (nSPS) is 11.5. The highest BCUT2D eigenvalue weighted by Gasteiger charge is 2.30. The van der Waals surface area contributed by atoms with Gasteiger partial charge in [-0.05, 0) is 24.3 Å². The van der Waals surface area contributed by atoms with E-state index in [4.69, 9.17) is 0 Å². The van der Waals surface area contributed by atoms with E-state index in [-0.39, 0.29) is 11.4 Å². The first-order chi connectivity index (χ1) is 13.4. The topological polar surface area (TPSA) is 72.2 Å². The Labute approximate surface area is 156 Å². The molecule has 0 atom stereocenters. The summed E-state index contributed by atoms with van der Waals surface area (Å²) in [6, 6.07) is 8.11. The van der Waals surface area contributed by atoms with Crippen molar-refractivity contribution in [2.45, 2.75) is 6.18 Å². The third kappa shape index (κ3) is 3.41. The lowest BCUT2D eigenvalue weighted by Crippen LogP contribution is -2.14. The molecule has 140 valence electrons. The van der Waals surface area contributed by atoms with Gasteiger partial charge in [-0.1, -0.05) is 12.1 Å². The van der Waals surface area contributed by atoms with Crippen LogP contribution >= 0.6 is 0 Å². The van der Waals surface area contributed by atoms with E-state index in [1.165, 1.54) is 30.7 Å². The molecule has 0 fully saturated rings. The number of aromatic nitrogens is 4. The van der Waals surface area contributed by atoms with Crippen LogP contribution in [-0.4, -0.2) is 25.3 Å². The lowest BCUT2D eigenvalue weighted by molar-refractivity contribution is -0.137. The van der Waals surface area contributed by atoms with E-state index in [1.54, 1.807) is 28.9 Å². The van der Waals surface area contributed by atoms with Crippen LogP contribution in [-0.2, 0) is 6.18 Å². The Morgan fingerprint density at radius 2 is 1.96 bits per heavy atom. The Morgan fingerprint density at radius 1 is 1.11 bits per heavy atom. The first-order valence-electron chi connectivity index (χ1n) is 8.14. The number of benzene rings is 1. The number of imidazole rings is 1. The quantitative estimate of drug-likeness (QED) is 0.579. The molecule has 0 saturated heterocycles. The zero-order valence-corrected chi connectivity index (χ0v) is 14.2. The van der Waals surface area contributed by atoms with Gasteiger partial charge >= 0.3 is 6.18 Å². The molecule has 3 heterocycles. The Kier molecular flexibility index (Phi) is 4.26. The molecule has 0 bridgehead atoms. The highest BCUT2D eigenvalue weighted by Crippen LogP contribution is 2.32. The van der Waals surface area contributed by atoms with E-state index >= 15 is 0 Å². The molecule has 9 heteroatoms. The number of amides is 1. The maximum atomic E-state index is 13.0. The number of carbonyl (C=O) groups is 1. The molecule has 1 aromatic carbocycles. The second kappa shape index (κ2) is 6.76. The van der Waals surface area contributed by atoms with Gasteiger partial charge in [0.05, 0.1) is 23.0 Å². The second-order valence-corrected chi connectivity index (χ2v) is 5.90. The standard InChI is InChI=1S/C19H12F3N5O/c20-19(21,22)13-4-1-3-12(9-13)15-11-27-8-2-5-14(17(27)25-15)18(28)26-16-10-23-6-7-24-16/h1-11H,(H,24,26,28). The van der Waals surface area contributed by atoms with Crippen molar-refractivity contribution in [3.8, 4) is 11.3 Å². The van der Waals surface area contributed by atoms with Crippen molar-refractivity contribution in [2.24, 2.45) is 0 Å². The minimum absolute atomic E-state index is 0.256. The van der Waals surface area contributed by atoms with Crippen molar-refractivity contribution in [1.82, 2.24) is 19.4 Å². The van der Waals surface area contributed by atoms with Crippen molar-refractivity contribution in [1.29, 1.82) is 0 Å². The van der Waals surface area contributed by atoms with Crippen molar-refractivity contribution < 1.29 is 18.0 Å². The molecule has 0 aliphatic rings. The molecule has 0 radical (unpaired) electrons. The number of pyridine rings is 1. The first kappa shape index (κ1) is 17.7. The maximum absolute atomic E-state index is 13.0. The number of fused-ring (bicyclic) bond motifs is 1. The summed E-state index contributed by atoms with van der Waals surface area (Å²) in [6.45, 7) is 0. The van der Waals surface area contributed by atoms with Gasteiger partial charge in [-0.25, -0.2) is 9.97 Å². The van der Waals surface area contributed by atoms with Gasteiger partial charge in [-0.15, -0.1) is 0 Å². The summed E-state index contributed by atoms with van der Waals surface area (Å²) in [6.07, 6.45) is 3.11. The number of carbonyl (C=O) groups excluding carboxylic acids is 1. The summed E-state index contributed by atoms with van der Waals surface area (Å²) in [5, 5.41) is 2.61. The van der Waals surface area contributed by atoms with Gasteiger partial charge in [0.25, 0.3) is 5.91 Å². The molecule has 0 aliphatic heterocycles. The number of alkyl halides is 3. The highest BCUT2D eigenvalue weighted by molar-refractivity contribution is 6.07. The molecule has 28 heavy (non-hydrogen) atoms. The summed E-state index contributed by atoms with van der Waals surface area (Å²) < 4.78 is 40.5. The smallest absolute Gasteiger partial charge is 0.306 e. The van der Waals surface area contributed by atoms with Crippen LogP contribution in [0.4, 0.5) is 19.0 Å². The SMILES string of the molecule is O=C(Nc1cnccn1)c1cccn2cc(-c3cccc(C(F)(F)F)c3)nc12. The Hall–Kier alpha value is -3.75. The van der Waals surface area contributed by atoms with E-state index in [1.807, 2.05) is 0 Å². The number of hydrogen-bond acceptors (Lipinski definition) is 4. The monoisotopic (exact) mass is 383 g/mol. The molecule has 4 rings (SSSR count). The fourth-order valence-corrected chi connectivity index (χ4v) is 2.73. The fourth-order valence-electron chi connectivity index (χ4n) is 2.73. The maximum Gasteiger partial charge on any atom is 0.416 e. The summed E-state index contributed by atoms with van der Waals surface area (Å²) in [5.74, 6) is -0.175. The van der Waals surface area contributed by atoms with E-state index in [0.717, 1.165) is 12.1 Å². The number of nitrogens with one attached hydrogen (secondary N) is 1. The fraction of sp³-hybridized carbons (Fsp3) is 0.0526. The Morgan fingerprint density at radius 3 is 2.71 bits per heavy atom. The summed E-state index contributed by atoms with van der Waals surface area (Å²) >= 11 is 0. The first-order valence-corrected chi connectivity index (χ1v) is 8.14. The average molecular weight is 383 g/mol. The van der Waals surface area contributed by atoms with Crippen molar-refractivity contribution >= 4 is 17.4 Å². The predicted octanol–water partition coefficient (Wildman–Crippen LogP) is 4.06.